The van der Waals surface area contributed by atoms with Gasteiger partial charge in [0.15, 0.2) is 0 Å². The Morgan fingerprint density at radius 2 is 1.83 bits per heavy atom. The van der Waals surface area contributed by atoms with Crippen LogP contribution < -0.4 is 0 Å². The predicted molar refractivity (Wildman–Crippen MR) is 72.6 cm³/mol. The lowest BCUT2D eigenvalue weighted by Gasteiger charge is -2.14. The average molecular weight is 244 g/mol. The van der Waals surface area contributed by atoms with Crippen molar-refractivity contribution in [3.05, 3.63) is 52.3 Å². The Morgan fingerprint density at radius 1 is 1.11 bits per heavy atom. The molecule has 1 unspecified atom stereocenters. The molecule has 1 aromatic heterocycles. The summed E-state index contributed by atoms with van der Waals surface area (Å²) in [5, 5.41) is 14.6. The molecule has 2 rings (SSSR count). The molecule has 0 aliphatic carbocycles. The fourth-order valence-corrected chi connectivity index (χ4v) is 2.10. The van der Waals surface area contributed by atoms with E-state index in [4.69, 9.17) is 0 Å². The fraction of sp³-hybridized carbons (Fsp3) is 0.400. The standard InChI is InChI=1S/C15H20N2O/c1-10-5-6-14(7-11(10)2)15(18)9-17-13(4)8-12(3)16-17/h5-8,15,18H,9H2,1-4H3. The van der Waals surface area contributed by atoms with Crippen molar-refractivity contribution in [2.24, 2.45) is 0 Å². The number of aliphatic hydroxyl groups excluding tert-OH is 1. The van der Waals surface area contributed by atoms with Gasteiger partial charge in [-0.3, -0.25) is 4.68 Å². The molecule has 2 aromatic rings. The van der Waals surface area contributed by atoms with Crippen LogP contribution in [-0.4, -0.2) is 14.9 Å². The molecule has 18 heavy (non-hydrogen) atoms. The van der Waals surface area contributed by atoms with Crippen LogP contribution in [0.5, 0.6) is 0 Å². The first-order valence-corrected chi connectivity index (χ1v) is 6.23. The van der Waals surface area contributed by atoms with E-state index in [9.17, 15) is 5.11 Å². The van der Waals surface area contributed by atoms with E-state index in [0.29, 0.717) is 6.54 Å². The Kier molecular flexibility index (Phi) is 3.53. The van der Waals surface area contributed by atoms with Crippen LogP contribution in [0.2, 0.25) is 0 Å². The molecule has 1 atom stereocenters. The minimum Gasteiger partial charge on any atom is -0.386 e. The van der Waals surface area contributed by atoms with Crippen molar-refractivity contribution in [1.82, 2.24) is 9.78 Å². The molecule has 0 radical (unpaired) electrons. The first-order valence-electron chi connectivity index (χ1n) is 6.23. The maximum absolute atomic E-state index is 10.3. The van der Waals surface area contributed by atoms with E-state index < -0.39 is 6.10 Å². The van der Waals surface area contributed by atoms with Crippen LogP contribution in [0.1, 0.15) is 34.2 Å². The Hall–Kier alpha value is -1.61. The summed E-state index contributed by atoms with van der Waals surface area (Å²) < 4.78 is 1.86. The fourth-order valence-electron chi connectivity index (χ4n) is 2.10. The third-order valence-electron chi connectivity index (χ3n) is 3.36. The van der Waals surface area contributed by atoms with Gasteiger partial charge in [0, 0.05) is 5.69 Å². The Balaban J connectivity index is 2.19. The topological polar surface area (TPSA) is 38.0 Å². The number of aryl methyl sites for hydroxylation is 4. The van der Waals surface area contributed by atoms with E-state index in [2.05, 4.69) is 25.0 Å². The molecular weight excluding hydrogens is 224 g/mol. The van der Waals surface area contributed by atoms with Crippen molar-refractivity contribution in [2.45, 2.75) is 40.3 Å². The van der Waals surface area contributed by atoms with Crippen molar-refractivity contribution in [3.63, 3.8) is 0 Å². The maximum atomic E-state index is 10.3. The molecule has 3 heteroatoms. The Morgan fingerprint density at radius 3 is 2.39 bits per heavy atom. The van der Waals surface area contributed by atoms with Crippen LogP contribution in [0.25, 0.3) is 0 Å². The number of nitrogens with zero attached hydrogens (tertiary/aromatic N) is 2. The van der Waals surface area contributed by atoms with Crippen LogP contribution in [-0.2, 0) is 6.54 Å². The van der Waals surface area contributed by atoms with Gasteiger partial charge in [0.25, 0.3) is 0 Å². The number of aromatic nitrogens is 2. The molecule has 3 nitrogen and oxygen atoms in total. The molecule has 0 spiro atoms. The van der Waals surface area contributed by atoms with Gasteiger partial charge in [-0.25, -0.2) is 0 Å². The highest BCUT2D eigenvalue weighted by Crippen LogP contribution is 2.19. The predicted octanol–water partition coefficient (Wildman–Crippen LogP) is 2.85. The molecule has 1 heterocycles. The van der Waals surface area contributed by atoms with Crippen LogP contribution in [0.4, 0.5) is 0 Å². The second-order valence-corrected chi connectivity index (χ2v) is 4.97. The lowest BCUT2D eigenvalue weighted by molar-refractivity contribution is 0.150. The molecule has 0 aliphatic heterocycles. The molecule has 0 amide bonds. The number of aliphatic hydroxyl groups is 1. The number of hydrogen-bond donors (Lipinski definition) is 1. The van der Waals surface area contributed by atoms with Gasteiger partial charge in [0.05, 0.1) is 18.3 Å². The SMILES string of the molecule is Cc1cc(C)n(CC(O)c2ccc(C)c(C)c2)n1. The average Bonchev–Trinajstić information content (AvgIpc) is 2.61. The van der Waals surface area contributed by atoms with Gasteiger partial charge in [0.1, 0.15) is 0 Å². The molecule has 0 saturated carbocycles. The molecule has 1 N–H and O–H groups in total. The summed E-state index contributed by atoms with van der Waals surface area (Å²) in [5.74, 6) is 0. The summed E-state index contributed by atoms with van der Waals surface area (Å²) in [6.45, 7) is 8.61. The summed E-state index contributed by atoms with van der Waals surface area (Å²) in [5.41, 5.74) is 5.47. The molecular formula is C15H20N2O. The van der Waals surface area contributed by atoms with Crippen molar-refractivity contribution in [3.8, 4) is 0 Å². The van der Waals surface area contributed by atoms with E-state index >= 15 is 0 Å². The van der Waals surface area contributed by atoms with Crippen LogP contribution in [0, 0.1) is 27.7 Å². The van der Waals surface area contributed by atoms with E-state index in [0.717, 1.165) is 17.0 Å². The summed E-state index contributed by atoms with van der Waals surface area (Å²) in [6, 6.07) is 8.10. The highest BCUT2D eigenvalue weighted by Gasteiger charge is 2.11. The summed E-state index contributed by atoms with van der Waals surface area (Å²) in [4.78, 5) is 0. The van der Waals surface area contributed by atoms with Crippen molar-refractivity contribution >= 4 is 0 Å². The Labute approximate surface area is 108 Å². The quantitative estimate of drug-likeness (QED) is 0.901. The number of rotatable bonds is 3. The smallest absolute Gasteiger partial charge is 0.0986 e. The first-order chi connectivity index (χ1) is 8.47. The molecule has 0 fully saturated rings. The third-order valence-corrected chi connectivity index (χ3v) is 3.36. The van der Waals surface area contributed by atoms with Crippen molar-refractivity contribution in [1.29, 1.82) is 0 Å². The zero-order chi connectivity index (χ0) is 13.3. The zero-order valence-electron chi connectivity index (χ0n) is 11.4. The number of hydrogen-bond acceptors (Lipinski definition) is 2. The largest absolute Gasteiger partial charge is 0.386 e. The minimum atomic E-state index is -0.512. The van der Waals surface area contributed by atoms with Crippen molar-refractivity contribution in [2.75, 3.05) is 0 Å². The van der Waals surface area contributed by atoms with Gasteiger partial charge < -0.3 is 5.11 Å². The van der Waals surface area contributed by atoms with E-state index in [-0.39, 0.29) is 0 Å². The van der Waals surface area contributed by atoms with Crippen LogP contribution >= 0.6 is 0 Å². The molecule has 96 valence electrons. The van der Waals surface area contributed by atoms with Gasteiger partial charge in [-0.1, -0.05) is 18.2 Å². The second-order valence-electron chi connectivity index (χ2n) is 4.97. The monoisotopic (exact) mass is 244 g/mol. The van der Waals surface area contributed by atoms with E-state index in [1.807, 2.05) is 36.7 Å². The minimum absolute atomic E-state index is 0.502. The molecule has 0 aliphatic rings. The van der Waals surface area contributed by atoms with Gasteiger partial charge in [-0.2, -0.15) is 5.10 Å². The van der Waals surface area contributed by atoms with E-state index in [1.165, 1.54) is 11.1 Å². The second kappa shape index (κ2) is 4.94. The highest BCUT2D eigenvalue weighted by atomic mass is 16.3. The van der Waals surface area contributed by atoms with Crippen LogP contribution in [0.15, 0.2) is 24.3 Å². The molecule has 0 saturated heterocycles. The lowest BCUT2D eigenvalue weighted by Crippen LogP contribution is -2.11. The normalized spacial score (nSPS) is 12.7. The highest BCUT2D eigenvalue weighted by molar-refractivity contribution is 5.31. The molecule has 0 bridgehead atoms. The number of benzene rings is 1. The van der Waals surface area contributed by atoms with Gasteiger partial charge in [0.2, 0.25) is 0 Å². The zero-order valence-corrected chi connectivity index (χ0v) is 11.4. The summed E-state index contributed by atoms with van der Waals surface area (Å²) in [6.07, 6.45) is -0.512. The van der Waals surface area contributed by atoms with Crippen molar-refractivity contribution < 1.29 is 5.11 Å². The maximum Gasteiger partial charge on any atom is 0.0986 e. The molecule has 1 aromatic carbocycles. The third kappa shape index (κ3) is 2.62. The summed E-state index contributed by atoms with van der Waals surface area (Å²) in [7, 11) is 0. The first kappa shape index (κ1) is 12.8. The van der Waals surface area contributed by atoms with E-state index in [1.54, 1.807) is 0 Å². The Bertz CT molecular complexity index is 558. The van der Waals surface area contributed by atoms with Gasteiger partial charge in [-0.05, 0) is 50.5 Å². The lowest BCUT2D eigenvalue weighted by atomic mass is 10.0. The van der Waals surface area contributed by atoms with Crippen LogP contribution in [0.3, 0.4) is 0 Å². The summed E-state index contributed by atoms with van der Waals surface area (Å²) >= 11 is 0. The van der Waals surface area contributed by atoms with Gasteiger partial charge >= 0.3 is 0 Å². The van der Waals surface area contributed by atoms with Gasteiger partial charge in [-0.15, -0.1) is 0 Å².